The smallest absolute Gasteiger partial charge is 0.237 e. The largest absolute Gasteiger partial charge is 0.380 e. The topological polar surface area (TPSA) is 41.6 Å². The molecule has 1 aliphatic carbocycles. The van der Waals surface area contributed by atoms with Crippen LogP contribution in [0, 0.1) is 0 Å². The van der Waals surface area contributed by atoms with Crippen molar-refractivity contribution < 1.29 is 9.53 Å². The second kappa shape index (κ2) is 6.19. The van der Waals surface area contributed by atoms with E-state index in [0.717, 1.165) is 36.4 Å². The average molecular weight is 323 g/mol. The Balaban J connectivity index is 1.61. The fourth-order valence-corrected chi connectivity index (χ4v) is 3.72. The van der Waals surface area contributed by atoms with Crippen LogP contribution < -0.4 is 5.32 Å². The van der Waals surface area contributed by atoms with Crippen LogP contribution in [0.4, 0.5) is 0 Å². The van der Waals surface area contributed by atoms with Crippen molar-refractivity contribution in [3.8, 4) is 0 Å². The molecular formula is C17H23ClN2O2. The van der Waals surface area contributed by atoms with Crippen molar-refractivity contribution in [1.82, 2.24) is 10.2 Å². The first-order valence-corrected chi connectivity index (χ1v) is 8.19. The summed E-state index contributed by atoms with van der Waals surface area (Å²) in [6.07, 6.45) is 3.08. The second-order valence-electron chi connectivity index (χ2n) is 6.53. The lowest BCUT2D eigenvalue weighted by atomic mass is 9.95. The molecule has 4 nitrogen and oxygen atoms in total. The first kappa shape index (κ1) is 15.8. The summed E-state index contributed by atoms with van der Waals surface area (Å²) in [7, 11) is 3.68. The van der Waals surface area contributed by atoms with E-state index in [0.29, 0.717) is 6.54 Å². The predicted molar refractivity (Wildman–Crippen MR) is 87.2 cm³/mol. The summed E-state index contributed by atoms with van der Waals surface area (Å²) in [5, 5.41) is 3.93. The van der Waals surface area contributed by atoms with Gasteiger partial charge in [0.2, 0.25) is 5.91 Å². The molecule has 1 saturated carbocycles. The van der Waals surface area contributed by atoms with Crippen molar-refractivity contribution in [3.05, 3.63) is 34.9 Å². The van der Waals surface area contributed by atoms with E-state index in [9.17, 15) is 4.79 Å². The Morgan fingerprint density at radius 1 is 1.45 bits per heavy atom. The van der Waals surface area contributed by atoms with Gasteiger partial charge in [0.15, 0.2) is 0 Å². The number of methoxy groups -OCH3 is 1. The van der Waals surface area contributed by atoms with Crippen LogP contribution in [-0.2, 0) is 14.9 Å². The predicted octanol–water partition coefficient (Wildman–Crippen LogP) is 2.21. The number of hydrogen-bond donors (Lipinski definition) is 1. The highest BCUT2D eigenvalue weighted by molar-refractivity contribution is 6.31. The Labute approximate surface area is 136 Å². The maximum Gasteiger partial charge on any atom is 0.237 e. The summed E-state index contributed by atoms with van der Waals surface area (Å²) in [6, 6.07) is 7.86. The fraction of sp³-hybridized carbons (Fsp3) is 0.588. The molecule has 2 aliphatic rings. The van der Waals surface area contributed by atoms with E-state index >= 15 is 0 Å². The van der Waals surface area contributed by atoms with Gasteiger partial charge in [-0.25, -0.2) is 0 Å². The van der Waals surface area contributed by atoms with Crippen molar-refractivity contribution in [2.45, 2.75) is 36.8 Å². The van der Waals surface area contributed by atoms with Gasteiger partial charge >= 0.3 is 0 Å². The van der Waals surface area contributed by atoms with Crippen LogP contribution in [0.5, 0.6) is 0 Å². The summed E-state index contributed by atoms with van der Waals surface area (Å²) in [6.45, 7) is 1.47. The molecule has 1 aromatic rings. The van der Waals surface area contributed by atoms with Crippen LogP contribution in [0.15, 0.2) is 24.3 Å². The first-order valence-electron chi connectivity index (χ1n) is 7.81. The second-order valence-corrected chi connectivity index (χ2v) is 6.93. The van der Waals surface area contributed by atoms with E-state index in [4.69, 9.17) is 16.3 Å². The molecule has 1 saturated heterocycles. The molecule has 1 aromatic carbocycles. The van der Waals surface area contributed by atoms with E-state index in [-0.39, 0.29) is 23.5 Å². The van der Waals surface area contributed by atoms with E-state index < -0.39 is 0 Å². The lowest BCUT2D eigenvalue weighted by Gasteiger charge is -2.22. The number of halogens is 1. The molecule has 22 heavy (non-hydrogen) atoms. The Morgan fingerprint density at radius 2 is 2.18 bits per heavy atom. The summed E-state index contributed by atoms with van der Waals surface area (Å²) in [5.41, 5.74) is 1.19. The number of likely N-dealkylation sites (N-methyl/N-ethyl adjacent to an activating group) is 1. The summed E-state index contributed by atoms with van der Waals surface area (Å²) >= 11 is 6.31. The maximum atomic E-state index is 12.5. The lowest BCUT2D eigenvalue weighted by Crippen LogP contribution is -2.44. The molecule has 3 rings (SSSR count). The Hall–Kier alpha value is -1.10. The van der Waals surface area contributed by atoms with Crippen molar-refractivity contribution >= 4 is 17.5 Å². The van der Waals surface area contributed by atoms with E-state index in [2.05, 4.69) is 16.3 Å². The van der Waals surface area contributed by atoms with Gasteiger partial charge in [0.1, 0.15) is 0 Å². The number of likely N-dealkylation sites (tertiary alicyclic amines) is 1. The number of rotatable bonds is 5. The minimum absolute atomic E-state index is 0.0336. The SMILES string of the molecule is CO[C@H]1C[C@@H](C(=O)NCC2(c3ccccc3Cl)CC2)N(C)C1. The van der Waals surface area contributed by atoms with Gasteiger partial charge < -0.3 is 10.1 Å². The molecule has 1 amide bonds. The minimum Gasteiger partial charge on any atom is -0.380 e. The van der Waals surface area contributed by atoms with Gasteiger partial charge in [-0.2, -0.15) is 0 Å². The molecule has 1 N–H and O–H groups in total. The normalized spacial score (nSPS) is 26.9. The highest BCUT2D eigenvalue weighted by Gasteiger charge is 2.46. The molecule has 5 heteroatoms. The third-order valence-corrected chi connectivity index (χ3v) is 5.38. The highest BCUT2D eigenvalue weighted by atomic mass is 35.5. The van der Waals surface area contributed by atoms with Crippen molar-refractivity contribution in [3.63, 3.8) is 0 Å². The minimum atomic E-state index is -0.0907. The zero-order valence-electron chi connectivity index (χ0n) is 13.1. The first-order chi connectivity index (χ1) is 10.6. The Kier molecular flexibility index (Phi) is 4.44. The summed E-state index contributed by atoms with van der Waals surface area (Å²) in [4.78, 5) is 14.5. The number of nitrogens with zero attached hydrogens (tertiary/aromatic N) is 1. The van der Waals surface area contributed by atoms with Gasteiger partial charge in [0.25, 0.3) is 0 Å². The molecule has 0 unspecified atom stereocenters. The molecule has 2 fully saturated rings. The average Bonchev–Trinajstić information content (AvgIpc) is 3.21. The Bertz CT molecular complexity index is 559. The maximum absolute atomic E-state index is 12.5. The van der Waals surface area contributed by atoms with Gasteiger partial charge in [0, 0.05) is 30.6 Å². The van der Waals surface area contributed by atoms with E-state index in [1.807, 2.05) is 25.2 Å². The zero-order valence-corrected chi connectivity index (χ0v) is 13.9. The quantitative estimate of drug-likeness (QED) is 0.903. The molecule has 1 heterocycles. The third kappa shape index (κ3) is 3.00. The number of ether oxygens (including phenoxy) is 1. The van der Waals surface area contributed by atoms with Crippen molar-refractivity contribution in [1.29, 1.82) is 0 Å². The molecule has 0 spiro atoms. The molecule has 0 bridgehead atoms. The van der Waals surface area contributed by atoms with Crippen molar-refractivity contribution in [2.24, 2.45) is 0 Å². The molecule has 2 atom stereocenters. The van der Waals surface area contributed by atoms with Crippen molar-refractivity contribution in [2.75, 3.05) is 27.2 Å². The van der Waals surface area contributed by atoms with Crippen LogP contribution in [0.3, 0.4) is 0 Å². The number of benzene rings is 1. The molecular weight excluding hydrogens is 300 g/mol. The van der Waals surface area contributed by atoms with Crippen LogP contribution >= 0.6 is 11.6 Å². The summed E-state index contributed by atoms with van der Waals surface area (Å²) < 4.78 is 5.37. The number of amides is 1. The number of hydrogen-bond acceptors (Lipinski definition) is 3. The van der Waals surface area contributed by atoms with Crippen LogP contribution in [0.25, 0.3) is 0 Å². The monoisotopic (exact) mass is 322 g/mol. The van der Waals surface area contributed by atoms with Gasteiger partial charge in [-0.15, -0.1) is 0 Å². The van der Waals surface area contributed by atoms with Gasteiger partial charge in [-0.3, -0.25) is 9.69 Å². The van der Waals surface area contributed by atoms with E-state index in [1.54, 1.807) is 7.11 Å². The zero-order chi connectivity index (χ0) is 15.7. The van der Waals surface area contributed by atoms with Gasteiger partial charge in [0.05, 0.1) is 12.1 Å². The lowest BCUT2D eigenvalue weighted by molar-refractivity contribution is -0.125. The third-order valence-electron chi connectivity index (χ3n) is 5.05. The molecule has 0 radical (unpaired) electrons. The number of nitrogens with one attached hydrogen (secondary N) is 1. The van der Waals surface area contributed by atoms with Gasteiger partial charge in [-0.1, -0.05) is 29.8 Å². The standard InChI is InChI=1S/C17H23ClN2O2/c1-20-10-12(22-2)9-15(20)16(21)19-11-17(7-8-17)13-5-3-4-6-14(13)18/h3-6,12,15H,7-11H2,1-2H3,(H,19,21)/t12-,15-/m0/s1. The van der Waals surface area contributed by atoms with Crippen LogP contribution in [-0.4, -0.2) is 50.2 Å². The molecule has 120 valence electrons. The number of carbonyl (C=O) groups excluding carboxylic acids is 1. The molecule has 0 aromatic heterocycles. The van der Waals surface area contributed by atoms with Crippen LogP contribution in [0.2, 0.25) is 5.02 Å². The van der Waals surface area contributed by atoms with E-state index in [1.165, 1.54) is 0 Å². The fourth-order valence-electron chi connectivity index (χ4n) is 3.39. The molecule has 1 aliphatic heterocycles. The summed E-state index contributed by atoms with van der Waals surface area (Å²) in [5.74, 6) is 0.0976. The Morgan fingerprint density at radius 3 is 2.77 bits per heavy atom. The number of carbonyl (C=O) groups is 1. The van der Waals surface area contributed by atoms with Gasteiger partial charge in [-0.05, 0) is 37.9 Å². The highest BCUT2D eigenvalue weighted by Crippen LogP contribution is 2.49. The van der Waals surface area contributed by atoms with Crippen LogP contribution in [0.1, 0.15) is 24.8 Å².